The average molecular weight is 253 g/mol. The zero-order valence-electron chi connectivity index (χ0n) is 11.8. The lowest BCUT2D eigenvalue weighted by Gasteiger charge is -2.47. The largest absolute Gasteiger partial charge is 0.357 e. The van der Waals surface area contributed by atoms with E-state index in [0.717, 1.165) is 32.0 Å². The summed E-state index contributed by atoms with van der Waals surface area (Å²) in [5, 5.41) is 6.67. The maximum Gasteiger partial charge on any atom is 0.191 e. The second kappa shape index (κ2) is 6.95. The summed E-state index contributed by atoms with van der Waals surface area (Å²) in [5.74, 6) is 0.969. The van der Waals surface area contributed by atoms with Crippen LogP contribution in [-0.4, -0.2) is 74.2 Å². The van der Waals surface area contributed by atoms with Gasteiger partial charge in [-0.1, -0.05) is 6.92 Å². The third-order valence-electron chi connectivity index (χ3n) is 3.74. The number of fused-ring (bicyclic) bond motifs is 3. The molecule has 3 fully saturated rings. The Labute approximate surface area is 111 Å². The summed E-state index contributed by atoms with van der Waals surface area (Å²) >= 11 is 0. The number of hydrogen-bond acceptors (Lipinski definition) is 3. The molecule has 0 radical (unpaired) electrons. The van der Waals surface area contributed by atoms with Crippen molar-refractivity contribution in [3.8, 4) is 0 Å². The van der Waals surface area contributed by atoms with Gasteiger partial charge in [0, 0.05) is 51.9 Å². The first-order valence-electron chi connectivity index (χ1n) is 7.32. The molecular formula is C13H27N5. The molecule has 0 aromatic carbocycles. The van der Waals surface area contributed by atoms with Gasteiger partial charge in [-0.05, 0) is 13.3 Å². The van der Waals surface area contributed by atoms with E-state index in [1.165, 1.54) is 32.7 Å². The highest BCUT2D eigenvalue weighted by atomic mass is 15.3. The molecule has 0 spiro atoms. The van der Waals surface area contributed by atoms with E-state index < -0.39 is 0 Å². The number of piperazine rings is 3. The van der Waals surface area contributed by atoms with Crippen molar-refractivity contribution in [3.05, 3.63) is 0 Å². The van der Waals surface area contributed by atoms with Gasteiger partial charge in [0.25, 0.3) is 0 Å². The molecule has 3 heterocycles. The Bertz CT molecular complexity index is 271. The van der Waals surface area contributed by atoms with Crippen LogP contribution in [0.1, 0.15) is 20.3 Å². The van der Waals surface area contributed by atoms with Gasteiger partial charge < -0.3 is 10.6 Å². The van der Waals surface area contributed by atoms with Gasteiger partial charge in [-0.25, -0.2) is 0 Å². The Morgan fingerprint density at radius 1 is 1.17 bits per heavy atom. The fourth-order valence-corrected chi connectivity index (χ4v) is 2.68. The van der Waals surface area contributed by atoms with E-state index in [9.17, 15) is 0 Å². The summed E-state index contributed by atoms with van der Waals surface area (Å²) in [7, 11) is 0. The van der Waals surface area contributed by atoms with E-state index in [1.54, 1.807) is 0 Å². The highest BCUT2D eigenvalue weighted by molar-refractivity contribution is 5.79. The van der Waals surface area contributed by atoms with Gasteiger partial charge in [-0.2, -0.15) is 0 Å². The molecule has 0 aliphatic carbocycles. The van der Waals surface area contributed by atoms with Gasteiger partial charge in [0.2, 0.25) is 0 Å². The van der Waals surface area contributed by atoms with Crippen molar-refractivity contribution in [2.75, 3.05) is 52.4 Å². The van der Waals surface area contributed by atoms with Crippen LogP contribution >= 0.6 is 0 Å². The Morgan fingerprint density at radius 3 is 2.50 bits per heavy atom. The number of aliphatic imine (C=N–C) groups is 1. The normalized spacial score (nSPS) is 31.4. The fourth-order valence-electron chi connectivity index (χ4n) is 2.68. The molecule has 5 nitrogen and oxygen atoms in total. The molecule has 104 valence electrons. The highest BCUT2D eigenvalue weighted by Gasteiger charge is 2.31. The molecule has 3 aliphatic heterocycles. The summed E-state index contributed by atoms with van der Waals surface area (Å²) in [5.41, 5.74) is 0. The van der Waals surface area contributed by atoms with Gasteiger partial charge in [-0.15, -0.1) is 0 Å². The van der Waals surface area contributed by atoms with Crippen molar-refractivity contribution >= 4 is 5.96 Å². The lowest BCUT2D eigenvalue weighted by molar-refractivity contribution is 0.0174. The van der Waals surface area contributed by atoms with Crippen molar-refractivity contribution in [1.82, 2.24) is 20.4 Å². The van der Waals surface area contributed by atoms with Crippen LogP contribution in [-0.2, 0) is 0 Å². The van der Waals surface area contributed by atoms with E-state index >= 15 is 0 Å². The zero-order valence-corrected chi connectivity index (χ0v) is 11.8. The number of hydrogen-bond donors (Lipinski definition) is 2. The average Bonchev–Trinajstić information content (AvgIpc) is 2.43. The molecule has 1 unspecified atom stereocenters. The zero-order chi connectivity index (χ0) is 12.8. The molecule has 2 bridgehead atoms. The molecule has 0 amide bonds. The first-order valence-corrected chi connectivity index (χ1v) is 7.32. The number of nitrogens with one attached hydrogen (secondary N) is 2. The molecular weight excluding hydrogens is 226 g/mol. The van der Waals surface area contributed by atoms with E-state index in [2.05, 4.69) is 34.3 Å². The van der Waals surface area contributed by atoms with Crippen LogP contribution < -0.4 is 10.6 Å². The summed E-state index contributed by atoms with van der Waals surface area (Å²) < 4.78 is 0. The maximum absolute atomic E-state index is 4.72. The Morgan fingerprint density at radius 2 is 1.94 bits per heavy atom. The van der Waals surface area contributed by atoms with Crippen LogP contribution in [0.25, 0.3) is 0 Å². The minimum atomic E-state index is 0.615. The lowest BCUT2D eigenvalue weighted by Crippen LogP contribution is -2.62. The highest BCUT2D eigenvalue weighted by Crippen LogP contribution is 2.15. The van der Waals surface area contributed by atoms with Crippen LogP contribution in [0.3, 0.4) is 0 Å². The Hall–Kier alpha value is -0.810. The molecule has 0 aromatic heterocycles. The van der Waals surface area contributed by atoms with Gasteiger partial charge in [-0.3, -0.25) is 14.8 Å². The summed E-state index contributed by atoms with van der Waals surface area (Å²) in [6.45, 7) is 13.2. The SMILES string of the molecule is CCCNC(=NCC1CN2CCN1CC2)NCC. The minimum Gasteiger partial charge on any atom is -0.357 e. The van der Waals surface area contributed by atoms with Crippen LogP contribution in [0.2, 0.25) is 0 Å². The van der Waals surface area contributed by atoms with Crippen LogP contribution in [0.5, 0.6) is 0 Å². The molecule has 3 saturated heterocycles. The van der Waals surface area contributed by atoms with Crippen molar-refractivity contribution < 1.29 is 0 Å². The number of rotatable bonds is 5. The molecule has 0 saturated carbocycles. The smallest absolute Gasteiger partial charge is 0.191 e. The quantitative estimate of drug-likeness (QED) is 0.533. The predicted molar refractivity (Wildman–Crippen MR) is 76.1 cm³/mol. The van der Waals surface area contributed by atoms with Crippen LogP contribution in [0.4, 0.5) is 0 Å². The number of guanidine groups is 1. The third kappa shape index (κ3) is 3.59. The van der Waals surface area contributed by atoms with Gasteiger partial charge in [0.15, 0.2) is 5.96 Å². The van der Waals surface area contributed by atoms with E-state index in [1.807, 2.05) is 0 Å². The molecule has 1 atom stereocenters. The van der Waals surface area contributed by atoms with Gasteiger partial charge in [0.1, 0.15) is 0 Å². The molecule has 18 heavy (non-hydrogen) atoms. The maximum atomic E-state index is 4.72. The first-order chi connectivity index (χ1) is 8.83. The monoisotopic (exact) mass is 253 g/mol. The van der Waals surface area contributed by atoms with Crippen molar-refractivity contribution in [2.45, 2.75) is 26.3 Å². The van der Waals surface area contributed by atoms with Crippen molar-refractivity contribution in [3.63, 3.8) is 0 Å². The Balaban J connectivity index is 1.83. The first kappa shape index (κ1) is 13.6. The van der Waals surface area contributed by atoms with Gasteiger partial charge >= 0.3 is 0 Å². The number of nitrogens with zero attached hydrogens (tertiary/aromatic N) is 3. The summed E-state index contributed by atoms with van der Waals surface area (Å²) in [6.07, 6.45) is 1.13. The second-order valence-electron chi connectivity index (χ2n) is 5.14. The van der Waals surface area contributed by atoms with E-state index in [-0.39, 0.29) is 0 Å². The summed E-state index contributed by atoms with van der Waals surface area (Å²) in [4.78, 5) is 9.87. The molecule has 5 heteroatoms. The van der Waals surface area contributed by atoms with Crippen molar-refractivity contribution in [2.24, 2.45) is 4.99 Å². The standard InChI is InChI=1S/C13H27N5/c1-3-5-15-13(14-4-2)16-10-12-11-17-6-8-18(12)9-7-17/h12H,3-11H2,1-2H3,(H2,14,15,16). The van der Waals surface area contributed by atoms with E-state index in [0.29, 0.717) is 6.04 Å². The molecule has 0 aromatic rings. The van der Waals surface area contributed by atoms with Crippen LogP contribution in [0, 0.1) is 0 Å². The molecule has 3 rings (SSSR count). The van der Waals surface area contributed by atoms with Crippen LogP contribution in [0.15, 0.2) is 4.99 Å². The van der Waals surface area contributed by atoms with Gasteiger partial charge in [0.05, 0.1) is 6.54 Å². The second-order valence-corrected chi connectivity index (χ2v) is 5.14. The Kier molecular flexibility index (Phi) is 5.26. The fraction of sp³-hybridized carbons (Fsp3) is 0.923. The summed E-state index contributed by atoms with van der Waals surface area (Å²) in [6, 6.07) is 0.615. The third-order valence-corrected chi connectivity index (χ3v) is 3.74. The minimum absolute atomic E-state index is 0.615. The molecule has 2 N–H and O–H groups in total. The lowest BCUT2D eigenvalue weighted by atomic mass is 10.1. The van der Waals surface area contributed by atoms with E-state index in [4.69, 9.17) is 4.99 Å². The topological polar surface area (TPSA) is 42.9 Å². The predicted octanol–water partition coefficient (Wildman–Crippen LogP) is -0.0487. The molecule has 3 aliphatic rings. The van der Waals surface area contributed by atoms with Crippen molar-refractivity contribution in [1.29, 1.82) is 0 Å².